The first-order chi connectivity index (χ1) is 6.24. The molecule has 0 aliphatic heterocycles. The van der Waals surface area contributed by atoms with Crippen LogP contribution in [0.15, 0.2) is 22.8 Å². The second kappa shape index (κ2) is 4.58. The van der Waals surface area contributed by atoms with Gasteiger partial charge in [0.15, 0.2) is 6.04 Å². The smallest absolute Gasteiger partial charge is 0.228 e. The van der Waals surface area contributed by atoms with Gasteiger partial charge in [-0.1, -0.05) is 0 Å². The minimum atomic E-state index is -0.546. The van der Waals surface area contributed by atoms with Gasteiger partial charge in [0.05, 0.1) is 13.4 Å². The summed E-state index contributed by atoms with van der Waals surface area (Å²) in [5, 5.41) is 10.2. The topological polar surface area (TPSA) is 77.5 Å². The lowest BCUT2D eigenvalue weighted by atomic mass is 10.2. The third-order valence-corrected chi connectivity index (χ3v) is 1.48. The molecular weight excluding hydrogens is 176 g/mol. The van der Waals surface area contributed by atoms with Crippen molar-refractivity contribution in [1.82, 2.24) is 5.48 Å². The number of rotatable bonds is 5. The van der Waals surface area contributed by atoms with Gasteiger partial charge in [0.1, 0.15) is 5.76 Å². The molecule has 13 heavy (non-hydrogen) atoms. The molecule has 0 saturated carbocycles. The molecule has 0 bridgehead atoms. The molecule has 1 heterocycles. The Morgan fingerprint density at radius 1 is 1.85 bits per heavy atom. The van der Waals surface area contributed by atoms with E-state index in [1.165, 1.54) is 13.4 Å². The van der Waals surface area contributed by atoms with Crippen molar-refractivity contribution in [2.45, 2.75) is 6.04 Å². The fourth-order valence-electron chi connectivity index (χ4n) is 0.966. The number of nitrogens with one attached hydrogen (secondary N) is 1. The molecule has 0 spiro atoms. The Morgan fingerprint density at radius 3 is 3.08 bits per heavy atom. The normalized spacial score (nSPS) is 12.7. The summed E-state index contributed by atoms with van der Waals surface area (Å²) in [6, 6.07) is 2.77. The molecule has 1 unspecified atom stereocenters. The molecule has 0 amide bonds. The summed E-state index contributed by atoms with van der Waals surface area (Å²) in [4.78, 5) is 14.4. The van der Waals surface area contributed by atoms with Gasteiger partial charge in [0.2, 0.25) is 6.54 Å². The quantitative estimate of drug-likeness (QED) is 0.542. The highest BCUT2D eigenvalue weighted by molar-refractivity contribution is 5.03. The monoisotopic (exact) mass is 186 g/mol. The van der Waals surface area contributed by atoms with Crippen LogP contribution in [0.1, 0.15) is 11.8 Å². The Kier molecular flexibility index (Phi) is 3.41. The molecule has 1 N–H and O–H groups in total. The van der Waals surface area contributed by atoms with Gasteiger partial charge >= 0.3 is 0 Å². The predicted molar refractivity (Wildman–Crippen MR) is 43.5 cm³/mol. The number of nitrogens with zero attached hydrogens (tertiary/aromatic N) is 1. The molecule has 0 radical (unpaired) electrons. The van der Waals surface area contributed by atoms with Gasteiger partial charge in [0, 0.05) is 4.92 Å². The van der Waals surface area contributed by atoms with E-state index in [-0.39, 0.29) is 6.54 Å². The van der Waals surface area contributed by atoms with E-state index >= 15 is 0 Å². The zero-order valence-electron chi connectivity index (χ0n) is 7.10. The summed E-state index contributed by atoms with van der Waals surface area (Å²) in [5.74, 6) is 0.485. The molecule has 1 aromatic rings. The highest BCUT2D eigenvalue weighted by atomic mass is 16.6. The largest absolute Gasteiger partial charge is 0.467 e. The van der Waals surface area contributed by atoms with E-state index in [0.29, 0.717) is 5.76 Å². The van der Waals surface area contributed by atoms with Gasteiger partial charge in [-0.05, 0) is 12.1 Å². The van der Waals surface area contributed by atoms with Gasteiger partial charge in [-0.25, -0.2) is 0 Å². The molecule has 1 aromatic heterocycles. The minimum absolute atomic E-state index is 0.276. The fourth-order valence-corrected chi connectivity index (χ4v) is 0.966. The van der Waals surface area contributed by atoms with E-state index in [4.69, 9.17) is 4.42 Å². The molecule has 0 saturated heterocycles. The van der Waals surface area contributed by atoms with Crippen molar-refractivity contribution in [3.63, 3.8) is 0 Å². The Bertz CT molecular complexity index is 259. The molecule has 6 heteroatoms. The molecule has 1 rings (SSSR count). The molecule has 0 aromatic carbocycles. The maximum Gasteiger partial charge on any atom is 0.228 e. The van der Waals surface area contributed by atoms with Crippen LogP contribution in [0.5, 0.6) is 0 Å². The third kappa shape index (κ3) is 2.85. The zero-order chi connectivity index (χ0) is 9.68. The van der Waals surface area contributed by atoms with Crippen LogP contribution in [0.3, 0.4) is 0 Å². The lowest BCUT2D eigenvalue weighted by Crippen LogP contribution is -2.26. The van der Waals surface area contributed by atoms with Crippen LogP contribution in [-0.4, -0.2) is 18.6 Å². The fraction of sp³-hybridized carbons (Fsp3) is 0.429. The van der Waals surface area contributed by atoms with Gasteiger partial charge < -0.3 is 9.25 Å². The number of furan rings is 1. The molecule has 0 aliphatic rings. The van der Waals surface area contributed by atoms with E-state index in [1.807, 2.05) is 0 Å². The van der Waals surface area contributed by atoms with E-state index in [2.05, 4.69) is 10.3 Å². The molecule has 0 aliphatic carbocycles. The van der Waals surface area contributed by atoms with Crippen LogP contribution in [0.25, 0.3) is 0 Å². The van der Waals surface area contributed by atoms with E-state index in [9.17, 15) is 10.1 Å². The van der Waals surface area contributed by atoms with Crippen LogP contribution in [0, 0.1) is 10.1 Å². The maximum absolute atomic E-state index is 10.2. The first-order valence-corrected chi connectivity index (χ1v) is 3.67. The van der Waals surface area contributed by atoms with Crippen LogP contribution < -0.4 is 5.48 Å². The Morgan fingerprint density at radius 2 is 2.62 bits per heavy atom. The van der Waals surface area contributed by atoms with Crippen molar-refractivity contribution in [3.05, 3.63) is 34.3 Å². The second-order valence-electron chi connectivity index (χ2n) is 2.41. The van der Waals surface area contributed by atoms with Crippen molar-refractivity contribution in [2.24, 2.45) is 0 Å². The summed E-state index contributed by atoms with van der Waals surface area (Å²) in [6.07, 6.45) is 1.46. The van der Waals surface area contributed by atoms with Crippen LogP contribution in [0.2, 0.25) is 0 Å². The van der Waals surface area contributed by atoms with Crippen molar-refractivity contribution in [3.8, 4) is 0 Å². The van der Waals surface area contributed by atoms with E-state index in [0.717, 1.165) is 0 Å². The summed E-state index contributed by atoms with van der Waals surface area (Å²) >= 11 is 0. The molecule has 72 valence electrons. The minimum Gasteiger partial charge on any atom is -0.467 e. The van der Waals surface area contributed by atoms with Crippen molar-refractivity contribution < 1.29 is 14.2 Å². The Balaban J connectivity index is 2.62. The summed E-state index contributed by atoms with van der Waals surface area (Å²) in [5.41, 5.74) is 2.48. The van der Waals surface area contributed by atoms with Crippen LogP contribution >= 0.6 is 0 Å². The predicted octanol–water partition coefficient (Wildman–Crippen LogP) is 0.748. The summed E-state index contributed by atoms with van der Waals surface area (Å²) in [7, 11) is 1.40. The third-order valence-electron chi connectivity index (χ3n) is 1.48. The number of hydrogen-bond acceptors (Lipinski definition) is 5. The van der Waals surface area contributed by atoms with E-state index < -0.39 is 11.0 Å². The Labute approximate surface area is 74.6 Å². The highest BCUT2D eigenvalue weighted by Gasteiger charge is 2.19. The van der Waals surface area contributed by atoms with Crippen molar-refractivity contribution in [2.75, 3.05) is 13.7 Å². The number of hydroxylamine groups is 1. The molecule has 0 fully saturated rings. The summed E-state index contributed by atoms with van der Waals surface area (Å²) < 4.78 is 5.00. The standard InChI is InChI=1S/C7H10N2O4/c1-12-8-6(5-9(10)11)7-3-2-4-13-7/h2-4,6,8H,5H2,1H3. The van der Waals surface area contributed by atoms with Crippen LogP contribution in [-0.2, 0) is 4.84 Å². The highest BCUT2D eigenvalue weighted by Crippen LogP contribution is 2.12. The van der Waals surface area contributed by atoms with E-state index in [1.54, 1.807) is 12.1 Å². The van der Waals surface area contributed by atoms with Gasteiger partial charge in [0.25, 0.3) is 0 Å². The molecule has 6 nitrogen and oxygen atoms in total. The maximum atomic E-state index is 10.2. The van der Waals surface area contributed by atoms with Gasteiger partial charge in [-0.15, -0.1) is 0 Å². The van der Waals surface area contributed by atoms with Gasteiger partial charge in [-0.3, -0.25) is 10.1 Å². The number of hydrogen-bond donors (Lipinski definition) is 1. The zero-order valence-corrected chi connectivity index (χ0v) is 7.10. The second-order valence-corrected chi connectivity index (χ2v) is 2.41. The lowest BCUT2D eigenvalue weighted by Gasteiger charge is -2.09. The molecular formula is C7H10N2O4. The van der Waals surface area contributed by atoms with Gasteiger partial charge in [-0.2, -0.15) is 5.48 Å². The average Bonchev–Trinajstić information content (AvgIpc) is 2.54. The van der Waals surface area contributed by atoms with Crippen LogP contribution in [0.4, 0.5) is 0 Å². The first kappa shape index (κ1) is 9.69. The SMILES string of the molecule is CONC(C[N+](=O)[O-])c1ccco1. The first-order valence-electron chi connectivity index (χ1n) is 3.67. The summed E-state index contributed by atoms with van der Waals surface area (Å²) in [6.45, 7) is -0.276. The van der Waals surface area contributed by atoms with Crippen molar-refractivity contribution >= 4 is 0 Å². The van der Waals surface area contributed by atoms with Crippen molar-refractivity contribution in [1.29, 1.82) is 0 Å². The lowest BCUT2D eigenvalue weighted by molar-refractivity contribution is -0.486. The number of nitro groups is 1. The molecule has 1 atom stereocenters. The Hall–Kier alpha value is -1.40. The average molecular weight is 186 g/mol.